The van der Waals surface area contributed by atoms with Crippen LogP contribution in [0.3, 0.4) is 0 Å². The number of benzene rings is 2. The molecule has 0 spiro atoms. The van der Waals surface area contributed by atoms with Gasteiger partial charge in [0.15, 0.2) is 5.69 Å². The van der Waals surface area contributed by atoms with Gasteiger partial charge in [-0.25, -0.2) is 14.6 Å². The smallest absolute Gasteiger partial charge is 0.407 e. The average Bonchev–Trinajstić information content (AvgIpc) is 3.11. The zero-order chi connectivity index (χ0) is 22.5. The Hall–Kier alpha value is -3.93. The third kappa shape index (κ3) is 4.54. The van der Waals surface area contributed by atoms with Crippen LogP contribution in [-0.2, 0) is 4.74 Å². The first kappa shape index (κ1) is 21.3. The zero-order valence-electron chi connectivity index (χ0n) is 17.7. The maximum Gasteiger partial charge on any atom is 0.407 e. The Bertz CT molecular complexity index is 1140. The molecule has 1 aliphatic carbocycles. The molecule has 2 aromatic carbocycles. The Labute approximate surface area is 186 Å². The van der Waals surface area contributed by atoms with Gasteiger partial charge in [0.1, 0.15) is 6.61 Å². The minimum absolute atomic E-state index is 0.0105. The molecule has 1 amide bonds. The first-order valence-corrected chi connectivity index (χ1v) is 10.5. The third-order valence-corrected chi connectivity index (χ3v) is 5.48. The van der Waals surface area contributed by atoms with Crippen LogP contribution >= 0.6 is 0 Å². The van der Waals surface area contributed by atoms with Gasteiger partial charge in [0.05, 0.1) is 0 Å². The molecule has 6 nitrogen and oxygen atoms in total. The Morgan fingerprint density at radius 3 is 2.41 bits per heavy atom. The van der Waals surface area contributed by atoms with Crippen LogP contribution in [-0.4, -0.2) is 35.3 Å². The van der Waals surface area contributed by atoms with Crippen molar-refractivity contribution >= 4 is 18.1 Å². The number of nitrogens with one attached hydrogen (secondary N) is 1. The molecule has 1 heterocycles. The summed E-state index contributed by atoms with van der Waals surface area (Å²) in [4.78, 5) is 27.4. The fourth-order valence-corrected chi connectivity index (χ4v) is 4.01. The quantitative estimate of drug-likeness (QED) is 0.515. The van der Waals surface area contributed by atoms with Crippen LogP contribution in [0.25, 0.3) is 17.2 Å². The van der Waals surface area contributed by atoms with E-state index in [0.717, 1.165) is 5.56 Å². The van der Waals surface area contributed by atoms with E-state index in [1.807, 2.05) is 37.3 Å². The lowest BCUT2D eigenvalue weighted by Crippen LogP contribution is -2.26. The number of hydrogen-bond acceptors (Lipinski definition) is 4. The van der Waals surface area contributed by atoms with Crippen molar-refractivity contribution in [1.82, 2.24) is 10.3 Å². The summed E-state index contributed by atoms with van der Waals surface area (Å²) in [5.41, 5.74) is 6.15. The summed E-state index contributed by atoms with van der Waals surface area (Å²) < 4.78 is 5.51. The van der Waals surface area contributed by atoms with Crippen molar-refractivity contribution in [1.29, 1.82) is 0 Å². The number of nitrogens with zero attached hydrogens (tertiary/aromatic N) is 1. The summed E-state index contributed by atoms with van der Waals surface area (Å²) in [6.45, 7) is 2.51. The summed E-state index contributed by atoms with van der Waals surface area (Å²) in [6.07, 6.45) is 5.12. The fraction of sp³-hybridized carbons (Fsp3) is 0.192. The molecule has 0 aliphatic heterocycles. The average molecular weight is 428 g/mol. The number of hydrogen-bond donors (Lipinski definition) is 2. The highest BCUT2D eigenvalue weighted by molar-refractivity contribution is 5.90. The molecule has 0 bridgehead atoms. The van der Waals surface area contributed by atoms with Gasteiger partial charge in [0, 0.05) is 24.2 Å². The second kappa shape index (κ2) is 9.47. The molecule has 2 N–H and O–H groups in total. The molecular weight excluding hydrogens is 404 g/mol. The van der Waals surface area contributed by atoms with Crippen LogP contribution < -0.4 is 5.32 Å². The minimum atomic E-state index is -1.07. The van der Waals surface area contributed by atoms with E-state index in [9.17, 15) is 14.7 Å². The molecule has 6 heteroatoms. The predicted octanol–water partition coefficient (Wildman–Crippen LogP) is 5.03. The number of aromatic nitrogens is 1. The molecule has 0 saturated carbocycles. The van der Waals surface area contributed by atoms with Crippen molar-refractivity contribution in [2.45, 2.75) is 19.3 Å². The van der Waals surface area contributed by atoms with E-state index in [4.69, 9.17) is 4.74 Å². The van der Waals surface area contributed by atoms with Crippen molar-refractivity contribution in [2.75, 3.05) is 13.2 Å². The normalized spacial score (nSPS) is 12.4. The summed E-state index contributed by atoms with van der Waals surface area (Å²) in [5, 5.41) is 12.0. The van der Waals surface area contributed by atoms with Gasteiger partial charge in [0.2, 0.25) is 0 Å². The summed E-state index contributed by atoms with van der Waals surface area (Å²) >= 11 is 0. The number of ether oxygens (including phenoxy) is 1. The Morgan fingerprint density at radius 1 is 1.09 bits per heavy atom. The van der Waals surface area contributed by atoms with Crippen LogP contribution in [0.4, 0.5) is 4.79 Å². The van der Waals surface area contributed by atoms with Crippen molar-refractivity contribution in [3.63, 3.8) is 0 Å². The summed E-state index contributed by atoms with van der Waals surface area (Å²) in [7, 11) is 0. The number of pyridine rings is 1. The monoisotopic (exact) mass is 428 g/mol. The molecule has 1 aromatic heterocycles. The number of carboxylic acid groups (broad SMARTS) is 1. The molecule has 0 saturated heterocycles. The molecular formula is C26H24N2O4. The lowest BCUT2D eigenvalue weighted by atomic mass is 9.98. The van der Waals surface area contributed by atoms with Gasteiger partial charge in [0.25, 0.3) is 0 Å². The number of carboxylic acids is 1. The second-order valence-electron chi connectivity index (χ2n) is 7.70. The predicted molar refractivity (Wildman–Crippen MR) is 123 cm³/mol. The number of alkyl carbamates (subject to hydrolysis) is 1. The highest BCUT2D eigenvalue weighted by Crippen LogP contribution is 2.44. The first-order valence-electron chi connectivity index (χ1n) is 10.5. The molecule has 0 fully saturated rings. The van der Waals surface area contributed by atoms with Crippen molar-refractivity contribution in [2.24, 2.45) is 0 Å². The first-order chi connectivity index (χ1) is 15.5. The molecule has 32 heavy (non-hydrogen) atoms. The van der Waals surface area contributed by atoms with Crippen LogP contribution in [0.5, 0.6) is 0 Å². The van der Waals surface area contributed by atoms with E-state index in [2.05, 4.69) is 34.6 Å². The van der Waals surface area contributed by atoms with Crippen LogP contribution in [0.2, 0.25) is 0 Å². The largest absolute Gasteiger partial charge is 0.476 e. The van der Waals surface area contributed by atoms with E-state index in [-0.39, 0.29) is 18.2 Å². The topological polar surface area (TPSA) is 88.5 Å². The Balaban J connectivity index is 1.29. The third-order valence-electron chi connectivity index (χ3n) is 5.48. The SMILES string of the molecule is Cc1cnc(C(=O)O)c(C=CCCNC(=O)OCC2c3ccccc3-c3ccccc32)c1. The van der Waals surface area contributed by atoms with Crippen molar-refractivity contribution < 1.29 is 19.4 Å². The molecule has 1 aliphatic rings. The van der Waals surface area contributed by atoms with E-state index in [1.54, 1.807) is 12.1 Å². The van der Waals surface area contributed by atoms with Gasteiger partial charge in [-0.1, -0.05) is 60.7 Å². The van der Waals surface area contributed by atoms with Gasteiger partial charge in [-0.2, -0.15) is 0 Å². The standard InChI is InChI=1S/C26H24N2O4/c1-17-14-18(24(25(29)30)28-15-17)8-6-7-13-27-26(31)32-16-23-21-11-4-2-9-19(21)20-10-3-5-12-22(20)23/h2-6,8-12,14-15,23H,7,13,16H2,1H3,(H,27,31)(H,29,30). The van der Waals surface area contributed by atoms with Crippen molar-refractivity contribution in [3.8, 4) is 11.1 Å². The number of fused-ring (bicyclic) bond motifs is 3. The summed E-state index contributed by atoms with van der Waals surface area (Å²) in [5.74, 6) is -1.04. The highest BCUT2D eigenvalue weighted by atomic mass is 16.5. The molecule has 3 aromatic rings. The van der Waals surface area contributed by atoms with Crippen molar-refractivity contribution in [3.05, 3.63) is 94.8 Å². The van der Waals surface area contributed by atoms with Gasteiger partial charge < -0.3 is 15.2 Å². The van der Waals surface area contributed by atoms with E-state index in [0.29, 0.717) is 18.5 Å². The lowest BCUT2D eigenvalue weighted by Gasteiger charge is -2.14. The zero-order valence-corrected chi connectivity index (χ0v) is 17.7. The minimum Gasteiger partial charge on any atom is -0.476 e. The number of carbonyl (C=O) groups excluding carboxylic acids is 1. The molecule has 162 valence electrons. The summed E-state index contributed by atoms with van der Waals surface area (Å²) in [6, 6.07) is 18.2. The molecule has 0 unspecified atom stereocenters. The molecule has 0 atom stereocenters. The number of carbonyl (C=O) groups is 2. The van der Waals surface area contributed by atoms with E-state index >= 15 is 0 Å². The van der Waals surface area contributed by atoms with E-state index < -0.39 is 12.1 Å². The highest BCUT2D eigenvalue weighted by Gasteiger charge is 2.28. The number of rotatable bonds is 7. The van der Waals surface area contributed by atoms with E-state index in [1.165, 1.54) is 28.5 Å². The maximum absolute atomic E-state index is 12.2. The van der Waals surface area contributed by atoms with Crippen LogP contribution in [0.15, 0.2) is 66.9 Å². The van der Waals surface area contributed by atoms with Crippen LogP contribution in [0.1, 0.15) is 45.1 Å². The fourth-order valence-electron chi connectivity index (χ4n) is 4.01. The number of amides is 1. The Morgan fingerprint density at radius 2 is 1.75 bits per heavy atom. The van der Waals surface area contributed by atoms with Gasteiger partial charge in [-0.05, 0) is 47.2 Å². The van der Waals surface area contributed by atoms with Gasteiger partial charge in [-0.15, -0.1) is 0 Å². The molecule has 0 radical (unpaired) electrons. The lowest BCUT2D eigenvalue weighted by molar-refractivity contribution is 0.0690. The number of aromatic carboxylic acids is 1. The van der Waals surface area contributed by atoms with Gasteiger partial charge >= 0.3 is 12.1 Å². The van der Waals surface area contributed by atoms with Crippen LogP contribution in [0, 0.1) is 6.92 Å². The Kier molecular flexibility index (Phi) is 6.31. The number of aryl methyl sites for hydroxylation is 1. The van der Waals surface area contributed by atoms with Gasteiger partial charge in [-0.3, -0.25) is 0 Å². The second-order valence-corrected chi connectivity index (χ2v) is 7.70. The molecule has 4 rings (SSSR count). The maximum atomic E-state index is 12.2.